The molecule has 0 amide bonds. The minimum absolute atomic E-state index is 0.923. The van der Waals surface area contributed by atoms with E-state index in [1.165, 1.54) is 38.4 Å². The average molecular weight is 643 g/mol. The number of rotatable bonds is 7. The molecule has 8 aromatic carbocycles. The highest BCUT2D eigenvalue weighted by molar-refractivity contribution is 6.19. The van der Waals surface area contributed by atoms with E-state index in [0.29, 0.717) is 0 Å². The van der Waals surface area contributed by atoms with Gasteiger partial charge in [0.05, 0.1) is 0 Å². The summed E-state index contributed by atoms with van der Waals surface area (Å²) in [6, 6.07) is 66.8. The van der Waals surface area contributed by atoms with Crippen LogP contribution in [0.25, 0.3) is 55.0 Å². The molecule has 0 fully saturated rings. The third-order valence-electron chi connectivity index (χ3n) is 9.66. The van der Waals surface area contributed by atoms with E-state index in [1.807, 2.05) is 12.1 Å². The van der Waals surface area contributed by atoms with Crippen LogP contribution in [-0.4, -0.2) is 7.05 Å². The lowest BCUT2D eigenvalue weighted by atomic mass is 9.98. The number of furan rings is 1. The highest BCUT2D eigenvalue weighted by Gasteiger charge is 2.18. The number of fused-ring (bicyclic) bond motifs is 5. The molecule has 3 nitrogen and oxygen atoms in total. The van der Waals surface area contributed by atoms with Crippen LogP contribution in [0, 0.1) is 0 Å². The van der Waals surface area contributed by atoms with Crippen LogP contribution >= 0.6 is 0 Å². The third-order valence-corrected chi connectivity index (χ3v) is 9.66. The molecule has 0 atom stereocenters. The summed E-state index contributed by atoms with van der Waals surface area (Å²) in [5.74, 6) is 0. The lowest BCUT2D eigenvalue weighted by Crippen LogP contribution is -2.13. The maximum atomic E-state index is 6.15. The van der Waals surface area contributed by atoms with Gasteiger partial charge in [0.15, 0.2) is 0 Å². The molecule has 0 bridgehead atoms. The molecule has 0 aliphatic heterocycles. The van der Waals surface area contributed by atoms with Crippen molar-refractivity contribution in [3.63, 3.8) is 0 Å². The largest absolute Gasteiger partial charge is 0.456 e. The van der Waals surface area contributed by atoms with Crippen molar-refractivity contribution in [2.24, 2.45) is 0 Å². The molecule has 0 radical (unpaired) electrons. The summed E-state index contributed by atoms with van der Waals surface area (Å²) in [6.07, 6.45) is 0. The second kappa shape index (κ2) is 12.5. The van der Waals surface area contributed by atoms with Crippen LogP contribution in [0.5, 0.6) is 0 Å². The minimum Gasteiger partial charge on any atom is -0.456 e. The van der Waals surface area contributed by atoms with Crippen molar-refractivity contribution in [2.45, 2.75) is 0 Å². The monoisotopic (exact) mass is 642 g/mol. The zero-order chi connectivity index (χ0) is 33.4. The maximum Gasteiger partial charge on any atom is 0.136 e. The highest BCUT2D eigenvalue weighted by atomic mass is 16.3. The van der Waals surface area contributed by atoms with Gasteiger partial charge < -0.3 is 14.2 Å². The highest BCUT2D eigenvalue weighted by Crippen LogP contribution is 2.42. The second-order valence-electron chi connectivity index (χ2n) is 12.7. The van der Waals surface area contributed by atoms with E-state index in [9.17, 15) is 0 Å². The van der Waals surface area contributed by atoms with Gasteiger partial charge in [0.25, 0.3) is 0 Å². The normalized spacial score (nSPS) is 11.3. The van der Waals surface area contributed by atoms with E-state index in [0.717, 1.165) is 45.0 Å². The fourth-order valence-corrected chi connectivity index (χ4v) is 7.16. The summed E-state index contributed by atoms with van der Waals surface area (Å²) in [4.78, 5) is 4.60. The molecule has 0 aliphatic carbocycles. The molecule has 0 saturated heterocycles. The summed E-state index contributed by atoms with van der Waals surface area (Å²) < 4.78 is 6.15. The molecular formula is C47H34N2O. The van der Waals surface area contributed by atoms with E-state index < -0.39 is 0 Å². The molecule has 0 unspecified atom stereocenters. The number of hydrogen-bond donors (Lipinski definition) is 0. The summed E-state index contributed by atoms with van der Waals surface area (Å²) in [6.45, 7) is 0. The quantitative estimate of drug-likeness (QED) is 0.172. The SMILES string of the molecule is CN(c1ccccc1)c1ccc(N(c2ccccc2)c2ccc(-c3ccc4c(ccc5oc6ccccc6c54)c3)cc2)cc1-c1ccccc1. The first-order valence-corrected chi connectivity index (χ1v) is 17.0. The van der Waals surface area contributed by atoms with E-state index in [2.05, 4.69) is 193 Å². The van der Waals surface area contributed by atoms with Crippen LogP contribution in [0.2, 0.25) is 0 Å². The van der Waals surface area contributed by atoms with Gasteiger partial charge >= 0.3 is 0 Å². The summed E-state index contributed by atoms with van der Waals surface area (Å²) in [7, 11) is 2.14. The molecule has 0 N–H and O–H groups in total. The number of nitrogens with zero attached hydrogens (tertiary/aromatic N) is 2. The van der Waals surface area contributed by atoms with Gasteiger partial charge in [-0.2, -0.15) is 0 Å². The summed E-state index contributed by atoms with van der Waals surface area (Å²) in [5, 5.41) is 4.74. The lowest BCUT2D eigenvalue weighted by molar-refractivity contribution is 0.669. The van der Waals surface area contributed by atoms with Gasteiger partial charge in [0, 0.05) is 51.8 Å². The Morgan fingerprint density at radius 2 is 1.02 bits per heavy atom. The second-order valence-corrected chi connectivity index (χ2v) is 12.7. The summed E-state index contributed by atoms with van der Waals surface area (Å²) >= 11 is 0. The predicted octanol–water partition coefficient (Wildman–Crippen LogP) is 13.3. The van der Waals surface area contributed by atoms with Crippen LogP contribution in [0.1, 0.15) is 0 Å². The predicted molar refractivity (Wildman–Crippen MR) is 211 cm³/mol. The Labute approximate surface area is 291 Å². The Bertz CT molecular complexity index is 2590. The van der Waals surface area contributed by atoms with E-state index in [1.54, 1.807) is 0 Å². The number of anilines is 5. The Hall–Kier alpha value is -6.58. The van der Waals surface area contributed by atoms with Gasteiger partial charge in [-0.3, -0.25) is 0 Å². The van der Waals surface area contributed by atoms with Crippen LogP contribution in [0.4, 0.5) is 28.4 Å². The molecule has 9 rings (SSSR count). The molecule has 1 heterocycles. The Morgan fingerprint density at radius 1 is 0.400 bits per heavy atom. The maximum absolute atomic E-state index is 6.15. The zero-order valence-corrected chi connectivity index (χ0v) is 27.7. The van der Waals surface area contributed by atoms with Crippen LogP contribution in [0.3, 0.4) is 0 Å². The fraction of sp³-hybridized carbons (Fsp3) is 0.0213. The first kappa shape index (κ1) is 29.6. The van der Waals surface area contributed by atoms with Gasteiger partial charge in [-0.1, -0.05) is 115 Å². The zero-order valence-electron chi connectivity index (χ0n) is 27.7. The van der Waals surface area contributed by atoms with E-state index in [-0.39, 0.29) is 0 Å². The molecular weight excluding hydrogens is 609 g/mol. The van der Waals surface area contributed by atoms with Gasteiger partial charge in [-0.15, -0.1) is 0 Å². The van der Waals surface area contributed by atoms with Crippen LogP contribution in [-0.2, 0) is 0 Å². The number of para-hydroxylation sites is 3. The standard InChI is InChI=1S/C47H34N2O/c1-48(37-15-7-3-8-16-37)44-29-27-40(32-43(44)34-13-5-2-6-14-34)49(38-17-9-4-10-18-38)39-25-21-33(22-26-39)35-23-28-41-36(31-35)24-30-46-47(41)42-19-11-12-20-45(42)50-46/h2-32H,1H3. The van der Waals surface area contributed by atoms with Crippen molar-refractivity contribution in [1.29, 1.82) is 0 Å². The fourth-order valence-electron chi connectivity index (χ4n) is 7.16. The lowest BCUT2D eigenvalue weighted by Gasteiger charge is -2.29. The van der Waals surface area contributed by atoms with Crippen molar-refractivity contribution in [1.82, 2.24) is 0 Å². The van der Waals surface area contributed by atoms with Gasteiger partial charge in [-0.05, 0) is 100 Å². The van der Waals surface area contributed by atoms with E-state index in [4.69, 9.17) is 4.42 Å². The van der Waals surface area contributed by atoms with Gasteiger partial charge in [0.1, 0.15) is 11.2 Å². The van der Waals surface area contributed by atoms with Gasteiger partial charge in [-0.25, -0.2) is 0 Å². The van der Waals surface area contributed by atoms with Gasteiger partial charge in [0.2, 0.25) is 0 Å². The van der Waals surface area contributed by atoms with Crippen molar-refractivity contribution < 1.29 is 4.42 Å². The topological polar surface area (TPSA) is 19.6 Å². The third kappa shape index (κ3) is 5.26. The minimum atomic E-state index is 0.923. The summed E-state index contributed by atoms with van der Waals surface area (Å²) in [5.41, 5.74) is 12.1. The molecule has 50 heavy (non-hydrogen) atoms. The van der Waals surface area contributed by atoms with Crippen molar-refractivity contribution in [3.8, 4) is 22.3 Å². The van der Waals surface area contributed by atoms with E-state index >= 15 is 0 Å². The van der Waals surface area contributed by atoms with Crippen molar-refractivity contribution in [3.05, 3.63) is 188 Å². The molecule has 3 heteroatoms. The van der Waals surface area contributed by atoms with Crippen molar-refractivity contribution in [2.75, 3.05) is 16.8 Å². The smallest absolute Gasteiger partial charge is 0.136 e. The average Bonchev–Trinajstić information content (AvgIpc) is 3.58. The molecule has 238 valence electrons. The Kier molecular flexibility index (Phi) is 7.37. The molecule has 0 aliphatic rings. The van der Waals surface area contributed by atoms with Crippen LogP contribution < -0.4 is 9.80 Å². The first-order chi connectivity index (χ1) is 24.7. The molecule has 1 aromatic heterocycles. The number of hydrogen-bond acceptors (Lipinski definition) is 3. The molecule has 0 spiro atoms. The Morgan fingerprint density at radius 3 is 1.78 bits per heavy atom. The molecule has 9 aromatic rings. The van der Waals surface area contributed by atoms with Crippen molar-refractivity contribution >= 4 is 61.1 Å². The first-order valence-electron chi connectivity index (χ1n) is 17.0. The van der Waals surface area contributed by atoms with Crippen LogP contribution in [0.15, 0.2) is 192 Å². The number of benzene rings is 8. The molecule has 0 saturated carbocycles. The Balaban J connectivity index is 1.12.